The highest BCUT2D eigenvalue weighted by Gasteiger charge is 2.30. The Labute approximate surface area is 74.2 Å². The molecule has 0 aromatic rings. The van der Waals surface area contributed by atoms with Gasteiger partial charge in [-0.1, -0.05) is 19.9 Å². The number of carbonyl (C=O) groups excluding carboxylic acids is 1. The van der Waals surface area contributed by atoms with Gasteiger partial charge in [0.05, 0.1) is 0 Å². The molecule has 1 heterocycles. The second-order valence-corrected chi connectivity index (χ2v) is 3.75. The third-order valence-electron chi connectivity index (χ3n) is 2.47. The summed E-state index contributed by atoms with van der Waals surface area (Å²) in [6.07, 6.45) is 3.43. The number of amides is 1. The van der Waals surface area contributed by atoms with Crippen molar-refractivity contribution in [2.45, 2.75) is 20.8 Å². The first kappa shape index (κ1) is 9.30. The fraction of sp³-hybridized carbons (Fsp3) is 0.700. The van der Waals surface area contributed by atoms with Gasteiger partial charge in [0.1, 0.15) is 0 Å². The molecule has 1 amide bonds. The standard InChI is InChI=1S/C10H17NO/c1-4-5-10(12)11-6-9(7-11)8(2)3/h4-5,8-9H,6-7H2,1-3H3/b5-4+. The predicted octanol–water partition coefficient (Wildman–Crippen LogP) is 1.68. The number of likely N-dealkylation sites (tertiary alicyclic amines) is 1. The van der Waals surface area contributed by atoms with E-state index in [0.717, 1.165) is 19.0 Å². The van der Waals surface area contributed by atoms with Crippen molar-refractivity contribution in [2.24, 2.45) is 11.8 Å². The molecule has 1 fully saturated rings. The van der Waals surface area contributed by atoms with E-state index in [4.69, 9.17) is 0 Å². The first-order chi connectivity index (χ1) is 5.65. The van der Waals surface area contributed by atoms with E-state index in [9.17, 15) is 4.79 Å². The van der Waals surface area contributed by atoms with Crippen LogP contribution in [0.25, 0.3) is 0 Å². The van der Waals surface area contributed by atoms with Gasteiger partial charge in [0.15, 0.2) is 0 Å². The predicted molar refractivity (Wildman–Crippen MR) is 49.7 cm³/mol. The molecule has 2 heteroatoms. The molecular formula is C10H17NO. The van der Waals surface area contributed by atoms with Gasteiger partial charge in [0.2, 0.25) is 5.91 Å². The molecule has 0 N–H and O–H groups in total. The van der Waals surface area contributed by atoms with Gasteiger partial charge in [-0.25, -0.2) is 0 Å². The summed E-state index contributed by atoms with van der Waals surface area (Å²) in [4.78, 5) is 13.1. The van der Waals surface area contributed by atoms with Gasteiger partial charge in [0, 0.05) is 13.1 Å². The SMILES string of the molecule is C/C=C/C(=O)N1CC(C(C)C)C1. The van der Waals surface area contributed by atoms with Crippen molar-refractivity contribution in [3.8, 4) is 0 Å². The van der Waals surface area contributed by atoms with Crippen molar-refractivity contribution in [3.63, 3.8) is 0 Å². The minimum absolute atomic E-state index is 0.161. The zero-order chi connectivity index (χ0) is 9.14. The molecule has 2 nitrogen and oxygen atoms in total. The number of allylic oxidation sites excluding steroid dienone is 1. The second-order valence-electron chi connectivity index (χ2n) is 3.75. The number of nitrogens with zero attached hydrogens (tertiary/aromatic N) is 1. The summed E-state index contributed by atoms with van der Waals surface area (Å²) >= 11 is 0. The molecule has 0 aliphatic carbocycles. The quantitative estimate of drug-likeness (QED) is 0.573. The van der Waals surface area contributed by atoms with Crippen molar-refractivity contribution >= 4 is 5.91 Å². The van der Waals surface area contributed by atoms with Crippen molar-refractivity contribution in [3.05, 3.63) is 12.2 Å². The normalized spacial score (nSPS) is 18.8. The maximum absolute atomic E-state index is 11.2. The van der Waals surface area contributed by atoms with E-state index in [1.165, 1.54) is 0 Å². The van der Waals surface area contributed by atoms with Gasteiger partial charge in [-0.2, -0.15) is 0 Å². The van der Waals surface area contributed by atoms with Gasteiger partial charge < -0.3 is 4.90 Å². The lowest BCUT2D eigenvalue weighted by molar-refractivity contribution is -0.133. The molecule has 1 saturated heterocycles. The third kappa shape index (κ3) is 1.87. The molecule has 0 bridgehead atoms. The lowest BCUT2D eigenvalue weighted by Gasteiger charge is -2.41. The average Bonchev–Trinajstić information content (AvgIpc) is 1.82. The summed E-state index contributed by atoms with van der Waals surface area (Å²) in [7, 11) is 0. The molecule has 0 unspecified atom stereocenters. The largest absolute Gasteiger partial charge is 0.338 e. The Hall–Kier alpha value is -0.790. The van der Waals surface area contributed by atoms with Gasteiger partial charge in [-0.15, -0.1) is 0 Å². The number of carbonyl (C=O) groups is 1. The number of rotatable bonds is 2. The van der Waals surface area contributed by atoms with E-state index >= 15 is 0 Å². The van der Waals surface area contributed by atoms with Gasteiger partial charge in [-0.05, 0) is 24.8 Å². The summed E-state index contributed by atoms with van der Waals surface area (Å²) in [6.45, 7) is 8.18. The molecule has 0 atom stereocenters. The van der Waals surface area contributed by atoms with E-state index in [0.29, 0.717) is 5.92 Å². The zero-order valence-electron chi connectivity index (χ0n) is 8.08. The molecule has 0 spiro atoms. The minimum Gasteiger partial charge on any atom is -0.338 e. The van der Waals surface area contributed by atoms with Crippen LogP contribution in [-0.4, -0.2) is 23.9 Å². The van der Waals surface area contributed by atoms with Crippen LogP contribution >= 0.6 is 0 Å². The van der Waals surface area contributed by atoms with E-state index in [1.54, 1.807) is 12.2 Å². The van der Waals surface area contributed by atoms with E-state index in [2.05, 4.69) is 13.8 Å². The maximum atomic E-state index is 11.2. The van der Waals surface area contributed by atoms with Crippen LogP contribution in [-0.2, 0) is 4.79 Å². The van der Waals surface area contributed by atoms with Gasteiger partial charge >= 0.3 is 0 Å². The Bertz CT molecular complexity index is 190. The summed E-state index contributed by atoms with van der Waals surface area (Å²) in [5.41, 5.74) is 0. The van der Waals surface area contributed by atoms with Crippen LogP contribution in [0.1, 0.15) is 20.8 Å². The monoisotopic (exact) mass is 167 g/mol. The lowest BCUT2D eigenvalue weighted by Crippen LogP contribution is -2.51. The zero-order valence-corrected chi connectivity index (χ0v) is 8.08. The highest BCUT2D eigenvalue weighted by atomic mass is 16.2. The topological polar surface area (TPSA) is 20.3 Å². The molecule has 0 aromatic carbocycles. The lowest BCUT2D eigenvalue weighted by atomic mass is 9.88. The average molecular weight is 167 g/mol. The Kier molecular flexibility index (Phi) is 2.90. The van der Waals surface area contributed by atoms with Crippen LogP contribution < -0.4 is 0 Å². The Morgan fingerprint density at radius 3 is 2.50 bits per heavy atom. The molecule has 0 saturated carbocycles. The fourth-order valence-corrected chi connectivity index (χ4v) is 1.36. The number of hydrogen-bond donors (Lipinski definition) is 0. The molecule has 1 rings (SSSR count). The molecule has 0 aromatic heterocycles. The van der Waals surface area contributed by atoms with Gasteiger partial charge in [0.25, 0.3) is 0 Å². The van der Waals surface area contributed by atoms with Crippen molar-refractivity contribution < 1.29 is 4.79 Å². The molecule has 1 aliphatic heterocycles. The number of hydrogen-bond acceptors (Lipinski definition) is 1. The molecule has 12 heavy (non-hydrogen) atoms. The van der Waals surface area contributed by atoms with E-state index < -0.39 is 0 Å². The van der Waals surface area contributed by atoms with Crippen LogP contribution in [0, 0.1) is 11.8 Å². The summed E-state index contributed by atoms with van der Waals surface area (Å²) < 4.78 is 0. The molecule has 1 aliphatic rings. The Morgan fingerprint density at radius 2 is 2.08 bits per heavy atom. The Morgan fingerprint density at radius 1 is 1.50 bits per heavy atom. The van der Waals surface area contributed by atoms with Crippen molar-refractivity contribution in [2.75, 3.05) is 13.1 Å². The summed E-state index contributed by atoms with van der Waals surface area (Å²) in [5.74, 6) is 1.59. The molecular weight excluding hydrogens is 150 g/mol. The smallest absolute Gasteiger partial charge is 0.246 e. The van der Waals surface area contributed by atoms with Crippen LogP contribution in [0.3, 0.4) is 0 Å². The Balaban J connectivity index is 2.29. The van der Waals surface area contributed by atoms with E-state index in [1.807, 2.05) is 11.8 Å². The van der Waals surface area contributed by atoms with Crippen LogP contribution in [0.5, 0.6) is 0 Å². The van der Waals surface area contributed by atoms with Crippen LogP contribution in [0.15, 0.2) is 12.2 Å². The van der Waals surface area contributed by atoms with Gasteiger partial charge in [-0.3, -0.25) is 4.79 Å². The van der Waals surface area contributed by atoms with Crippen LogP contribution in [0.4, 0.5) is 0 Å². The highest BCUT2D eigenvalue weighted by molar-refractivity contribution is 5.88. The second kappa shape index (κ2) is 3.74. The minimum atomic E-state index is 0.161. The first-order valence-electron chi connectivity index (χ1n) is 4.56. The van der Waals surface area contributed by atoms with Crippen molar-refractivity contribution in [1.29, 1.82) is 0 Å². The summed E-state index contributed by atoms with van der Waals surface area (Å²) in [6, 6.07) is 0. The highest BCUT2D eigenvalue weighted by Crippen LogP contribution is 2.23. The van der Waals surface area contributed by atoms with E-state index in [-0.39, 0.29) is 5.91 Å². The van der Waals surface area contributed by atoms with Crippen LogP contribution in [0.2, 0.25) is 0 Å². The summed E-state index contributed by atoms with van der Waals surface area (Å²) in [5, 5.41) is 0. The van der Waals surface area contributed by atoms with Crippen molar-refractivity contribution in [1.82, 2.24) is 4.90 Å². The molecule has 68 valence electrons. The maximum Gasteiger partial charge on any atom is 0.246 e. The fourth-order valence-electron chi connectivity index (χ4n) is 1.36. The first-order valence-corrected chi connectivity index (χ1v) is 4.56. The third-order valence-corrected chi connectivity index (χ3v) is 2.47. The molecule has 0 radical (unpaired) electrons.